The Morgan fingerprint density at radius 2 is 1.86 bits per heavy atom. The Balaban J connectivity index is 1.27. The van der Waals surface area contributed by atoms with E-state index in [0.29, 0.717) is 6.54 Å². The summed E-state index contributed by atoms with van der Waals surface area (Å²) >= 11 is 6.09. The number of rotatable bonds is 5. The monoisotopic (exact) mass is 402 g/mol. The third kappa shape index (κ3) is 4.34. The maximum Gasteiger partial charge on any atom is 0.277 e. The van der Waals surface area contributed by atoms with Gasteiger partial charge in [0.2, 0.25) is 6.79 Å². The minimum absolute atomic E-state index is 0.198. The van der Waals surface area contributed by atoms with Crippen LogP contribution < -0.4 is 19.3 Å². The number of hydrogen-bond donors (Lipinski definition) is 1. The number of quaternary nitrogens is 1. The maximum absolute atomic E-state index is 12.7. The van der Waals surface area contributed by atoms with Crippen LogP contribution in [0.4, 0.5) is 5.69 Å². The minimum atomic E-state index is 0.198. The number of benzene rings is 2. The SMILES string of the molecule is C[NH+](CC(=O)N1CCN(c2cccc(Cl)c2)CC1)Cc1ccc2c(c1)OCO2. The van der Waals surface area contributed by atoms with Crippen molar-refractivity contribution in [1.82, 2.24) is 4.90 Å². The standard InChI is InChI=1S/C21H24ClN3O3/c1-23(13-16-5-6-19-20(11-16)28-15-27-19)14-21(26)25-9-7-24(8-10-25)18-4-2-3-17(22)12-18/h2-6,11-12H,7-10,13-15H2,1H3/p+1. The van der Waals surface area contributed by atoms with Gasteiger partial charge in [0.15, 0.2) is 18.0 Å². The highest BCUT2D eigenvalue weighted by Crippen LogP contribution is 2.32. The summed E-state index contributed by atoms with van der Waals surface area (Å²) in [5.74, 6) is 1.77. The van der Waals surface area contributed by atoms with Crippen LogP contribution in [0.1, 0.15) is 5.56 Å². The average molecular weight is 403 g/mol. The molecule has 7 heteroatoms. The predicted molar refractivity (Wildman–Crippen MR) is 108 cm³/mol. The van der Waals surface area contributed by atoms with E-state index in [0.717, 1.165) is 65.4 Å². The zero-order chi connectivity index (χ0) is 19.5. The first-order chi connectivity index (χ1) is 13.6. The first-order valence-electron chi connectivity index (χ1n) is 9.56. The lowest BCUT2D eigenvalue weighted by molar-refractivity contribution is -0.885. The van der Waals surface area contributed by atoms with E-state index in [1.165, 1.54) is 0 Å². The Bertz CT molecular complexity index is 853. The van der Waals surface area contributed by atoms with Crippen molar-refractivity contribution in [3.63, 3.8) is 0 Å². The lowest BCUT2D eigenvalue weighted by Gasteiger charge is -2.36. The molecule has 2 aromatic rings. The molecular formula is C21H25ClN3O3+. The van der Waals surface area contributed by atoms with E-state index in [2.05, 4.69) is 11.0 Å². The van der Waals surface area contributed by atoms with Gasteiger partial charge in [-0.15, -0.1) is 0 Å². The highest BCUT2D eigenvalue weighted by molar-refractivity contribution is 6.30. The van der Waals surface area contributed by atoms with Gasteiger partial charge in [0.05, 0.1) is 7.05 Å². The van der Waals surface area contributed by atoms with Gasteiger partial charge in [-0.1, -0.05) is 17.7 Å². The van der Waals surface area contributed by atoms with Crippen LogP contribution in [0.2, 0.25) is 5.02 Å². The first-order valence-corrected chi connectivity index (χ1v) is 9.94. The van der Waals surface area contributed by atoms with E-state index in [-0.39, 0.29) is 12.7 Å². The Morgan fingerprint density at radius 1 is 1.07 bits per heavy atom. The fourth-order valence-corrected chi connectivity index (χ4v) is 3.90. The molecule has 2 aromatic carbocycles. The third-order valence-electron chi connectivity index (χ3n) is 5.20. The van der Waals surface area contributed by atoms with E-state index < -0.39 is 0 Å². The van der Waals surface area contributed by atoms with Gasteiger partial charge in [0.1, 0.15) is 6.54 Å². The summed E-state index contributed by atoms with van der Waals surface area (Å²) in [7, 11) is 2.05. The number of amides is 1. The van der Waals surface area contributed by atoms with Gasteiger partial charge in [0, 0.05) is 42.5 Å². The lowest BCUT2D eigenvalue weighted by Crippen LogP contribution is -3.09. The Hall–Kier alpha value is -2.44. The van der Waals surface area contributed by atoms with Crippen LogP contribution in [0.3, 0.4) is 0 Å². The lowest BCUT2D eigenvalue weighted by atomic mass is 10.2. The number of fused-ring (bicyclic) bond motifs is 1. The van der Waals surface area contributed by atoms with Crippen LogP contribution in [0.15, 0.2) is 42.5 Å². The molecule has 0 aromatic heterocycles. The van der Waals surface area contributed by atoms with Gasteiger partial charge < -0.3 is 24.2 Å². The van der Waals surface area contributed by atoms with Crippen LogP contribution in [0.25, 0.3) is 0 Å². The van der Waals surface area contributed by atoms with E-state index in [4.69, 9.17) is 21.1 Å². The molecule has 0 radical (unpaired) electrons. The molecule has 0 aliphatic carbocycles. The number of nitrogens with zero attached hydrogens (tertiary/aromatic N) is 2. The maximum atomic E-state index is 12.7. The largest absolute Gasteiger partial charge is 0.454 e. The second-order valence-electron chi connectivity index (χ2n) is 7.35. The van der Waals surface area contributed by atoms with Gasteiger partial charge in [0.25, 0.3) is 5.91 Å². The van der Waals surface area contributed by atoms with Gasteiger partial charge in [-0.05, 0) is 36.4 Å². The molecule has 0 bridgehead atoms. The van der Waals surface area contributed by atoms with Crippen molar-refractivity contribution in [3.05, 3.63) is 53.1 Å². The van der Waals surface area contributed by atoms with Crippen LogP contribution in [-0.4, -0.2) is 57.4 Å². The van der Waals surface area contributed by atoms with Gasteiger partial charge in [-0.2, -0.15) is 0 Å². The van der Waals surface area contributed by atoms with E-state index in [1.54, 1.807) is 0 Å². The van der Waals surface area contributed by atoms with Crippen molar-refractivity contribution >= 4 is 23.2 Å². The number of carbonyl (C=O) groups is 1. The number of carbonyl (C=O) groups excluding carboxylic acids is 1. The highest BCUT2D eigenvalue weighted by atomic mass is 35.5. The number of piperazine rings is 1. The number of likely N-dealkylation sites (N-methyl/N-ethyl adjacent to an activating group) is 1. The van der Waals surface area contributed by atoms with E-state index in [1.807, 2.05) is 48.3 Å². The number of hydrogen-bond acceptors (Lipinski definition) is 4. The summed E-state index contributed by atoms with van der Waals surface area (Å²) in [6, 6.07) is 13.8. The molecule has 1 fully saturated rings. The molecule has 2 aliphatic rings. The Morgan fingerprint density at radius 3 is 2.64 bits per heavy atom. The van der Waals surface area contributed by atoms with E-state index in [9.17, 15) is 4.79 Å². The van der Waals surface area contributed by atoms with Crippen LogP contribution in [-0.2, 0) is 11.3 Å². The fourth-order valence-electron chi connectivity index (χ4n) is 3.72. The predicted octanol–water partition coefficient (Wildman–Crippen LogP) is 1.43. The van der Waals surface area contributed by atoms with Crippen molar-refractivity contribution in [3.8, 4) is 11.5 Å². The van der Waals surface area contributed by atoms with Crippen LogP contribution >= 0.6 is 11.6 Å². The average Bonchev–Trinajstić information content (AvgIpc) is 3.16. The Labute approximate surface area is 170 Å². The molecule has 0 spiro atoms. The molecule has 1 atom stereocenters. The van der Waals surface area contributed by atoms with Gasteiger partial charge in [-0.25, -0.2) is 0 Å². The summed E-state index contributed by atoms with van der Waals surface area (Å²) < 4.78 is 10.8. The topological polar surface area (TPSA) is 46.5 Å². The smallest absolute Gasteiger partial charge is 0.277 e. The zero-order valence-corrected chi connectivity index (χ0v) is 16.7. The van der Waals surface area contributed by atoms with Gasteiger partial charge in [-0.3, -0.25) is 4.79 Å². The summed E-state index contributed by atoms with van der Waals surface area (Å²) in [5.41, 5.74) is 2.26. The molecule has 6 nitrogen and oxygen atoms in total. The molecule has 1 N–H and O–H groups in total. The quantitative estimate of drug-likeness (QED) is 0.822. The molecular weight excluding hydrogens is 378 g/mol. The molecule has 2 aliphatic heterocycles. The zero-order valence-electron chi connectivity index (χ0n) is 16.0. The highest BCUT2D eigenvalue weighted by Gasteiger charge is 2.24. The van der Waals surface area contributed by atoms with E-state index >= 15 is 0 Å². The second-order valence-corrected chi connectivity index (χ2v) is 7.78. The summed E-state index contributed by atoms with van der Waals surface area (Å²) in [6.07, 6.45) is 0. The molecule has 1 unspecified atom stereocenters. The number of nitrogens with one attached hydrogen (secondary N) is 1. The summed E-state index contributed by atoms with van der Waals surface area (Å²) in [6.45, 7) is 4.66. The second kappa shape index (κ2) is 8.29. The van der Waals surface area contributed by atoms with Crippen molar-refractivity contribution in [2.24, 2.45) is 0 Å². The first kappa shape index (κ1) is 18.9. The molecule has 1 saturated heterocycles. The van der Waals surface area contributed by atoms with Crippen molar-refractivity contribution < 1.29 is 19.2 Å². The minimum Gasteiger partial charge on any atom is -0.454 e. The Kier molecular flexibility index (Phi) is 5.59. The fraction of sp³-hybridized carbons (Fsp3) is 0.381. The number of ether oxygens (including phenoxy) is 2. The molecule has 4 rings (SSSR count). The summed E-state index contributed by atoms with van der Waals surface area (Å²) in [4.78, 5) is 18.1. The molecule has 0 saturated carbocycles. The molecule has 2 heterocycles. The molecule has 148 valence electrons. The third-order valence-corrected chi connectivity index (χ3v) is 5.44. The normalized spacial score (nSPS) is 16.9. The molecule has 28 heavy (non-hydrogen) atoms. The van der Waals surface area contributed by atoms with Gasteiger partial charge >= 0.3 is 0 Å². The molecule has 1 amide bonds. The van der Waals surface area contributed by atoms with Crippen molar-refractivity contribution in [1.29, 1.82) is 0 Å². The number of anilines is 1. The number of halogens is 1. The van der Waals surface area contributed by atoms with Crippen LogP contribution in [0, 0.1) is 0 Å². The van der Waals surface area contributed by atoms with Crippen molar-refractivity contribution in [2.75, 3.05) is 51.5 Å². The summed E-state index contributed by atoms with van der Waals surface area (Å²) in [5, 5.41) is 0.741. The van der Waals surface area contributed by atoms with Crippen LogP contribution in [0.5, 0.6) is 11.5 Å². The van der Waals surface area contributed by atoms with Crippen molar-refractivity contribution in [2.45, 2.75) is 6.54 Å².